The molecule has 0 amide bonds. The van der Waals surface area contributed by atoms with Gasteiger partial charge >= 0.3 is 0 Å². The van der Waals surface area contributed by atoms with Crippen LogP contribution in [0.15, 0.2) is 11.6 Å². The van der Waals surface area contributed by atoms with E-state index in [9.17, 15) is 5.26 Å². The third kappa shape index (κ3) is 2.08. The van der Waals surface area contributed by atoms with Gasteiger partial charge in [-0.15, -0.1) is 11.3 Å². The smallest absolute Gasteiger partial charge is 0.150 e. The number of rotatable bonds is 2. The molecule has 5 heteroatoms. The highest BCUT2D eigenvalue weighted by Gasteiger charge is 2.34. The Morgan fingerprint density at radius 2 is 2.41 bits per heavy atom. The van der Waals surface area contributed by atoms with Crippen LogP contribution in [-0.2, 0) is 0 Å². The number of hydrogen-bond donors (Lipinski definition) is 0. The highest BCUT2D eigenvalue weighted by Crippen LogP contribution is 2.28. The van der Waals surface area contributed by atoms with Crippen LogP contribution >= 0.6 is 11.3 Å². The molecule has 0 radical (unpaired) electrons. The topological polar surface area (TPSA) is 43.2 Å². The zero-order valence-corrected chi connectivity index (χ0v) is 10.6. The molecule has 0 bridgehead atoms. The van der Waals surface area contributed by atoms with E-state index in [0.717, 1.165) is 24.6 Å². The molecule has 17 heavy (non-hydrogen) atoms. The molecule has 2 atom stereocenters. The first-order valence-electron chi connectivity index (χ1n) is 6.15. The molecule has 2 saturated heterocycles. The van der Waals surface area contributed by atoms with Crippen molar-refractivity contribution in [2.45, 2.75) is 24.9 Å². The number of nitrogens with zero attached hydrogens (tertiary/aromatic N) is 4. The predicted octanol–water partition coefficient (Wildman–Crippen LogP) is 1.49. The fourth-order valence-corrected chi connectivity index (χ4v) is 3.63. The molecular weight excluding hydrogens is 232 g/mol. The van der Waals surface area contributed by atoms with Crippen LogP contribution in [0.25, 0.3) is 0 Å². The van der Waals surface area contributed by atoms with Gasteiger partial charge in [-0.05, 0) is 19.4 Å². The monoisotopic (exact) mass is 248 g/mol. The summed E-state index contributed by atoms with van der Waals surface area (Å²) >= 11 is 1.59. The van der Waals surface area contributed by atoms with Crippen LogP contribution in [0.4, 0.5) is 0 Å². The Morgan fingerprint density at radius 1 is 1.47 bits per heavy atom. The Bertz CT molecular complexity index is 411. The molecule has 1 aromatic rings. The van der Waals surface area contributed by atoms with E-state index in [4.69, 9.17) is 0 Å². The lowest BCUT2D eigenvalue weighted by Crippen LogP contribution is -2.50. The highest BCUT2D eigenvalue weighted by molar-refractivity contribution is 7.09. The summed E-state index contributed by atoms with van der Waals surface area (Å²) in [5, 5.41) is 12.2. The van der Waals surface area contributed by atoms with Gasteiger partial charge in [0.2, 0.25) is 0 Å². The number of thiazole rings is 1. The van der Waals surface area contributed by atoms with Crippen LogP contribution in [0.2, 0.25) is 0 Å². The van der Waals surface area contributed by atoms with Crippen LogP contribution in [-0.4, -0.2) is 47.0 Å². The van der Waals surface area contributed by atoms with Crippen molar-refractivity contribution >= 4 is 11.3 Å². The fourth-order valence-electron chi connectivity index (χ4n) is 2.91. The summed E-state index contributed by atoms with van der Waals surface area (Å²) in [6, 6.07) is 2.93. The van der Waals surface area contributed by atoms with Gasteiger partial charge in [-0.2, -0.15) is 5.26 Å². The van der Waals surface area contributed by atoms with Gasteiger partial charge in [0, 0.05) is 37.3 Å². The first kappa shape index (κ1) is 11.1. The Hall–Kier alpha value is -0.960. The molecule has 3 heterocycles. The third-order valence-corrected chi connectivity index (χ3v) is 4.62. The number of fused-ring (bicyclic) bond motifs is 1. The molecule has 2 fully saturated rings. The summed E-state index contributed by atoms with van der Waals surface area (Å²) in [4.78, 5) is 9.15. The van der Waals surface area contributed by atoms with E-state index in [-0.39, 0.29) is 6.04 Å². The molecule has 1 aromatic heterocycles. The van der Waals surface area contributed by atoms with Gasteiger partial charge < -0.3 is 0 Å². The van der Waals surface area contributed by atoms with E-state index in [2.05, 4.69) is 20.9 Å². The summed E-state index contributed by atoms with van der Waals surface area (Å²) in [5.74, 6) is 0. The molecule has 0 aliphatic carbocycles. The number of piperazine rings is 1. The minimum atomic E-state index is -0.141. The predicted molar refractivity (Wildman–Crippen MR) is 66.6 cm³/mol. The summed E-state index contributed by atoms with van der Waals surface area (Å²) in [6.07, 6.45) is 4.38. The molecule has 0 spiro atoms. The molecule has 1 unspecified atom stereocenters. The second-order valence-corrected chi connectivity index (χ2v) is 5.66. The van der Waals surface area contributed by atoms with E-state index < -0.39 is 0 Å². The highest BCUT2D eigenvalue weighted by atomic mass is 32.1. The molecular formula is C12H16N4S. The average Bonchev–Trinajstić information content (AvgIpc) is 2.99. The molecule has 2 aliphatic heterocycles. The van der Waals surface area contributed by atoms with E-state index in [0.29, 0.717) is 6.04 Å². The SMILES string of the molecule is N#CC(c1nccs1)N1CCN2CCC[C@@H]2C1. The number of aromatic nitrogens is 1. The second-order valence-electron chi connectivity index (χ2n) is 4.73. The standard InChI is InChI=1S/C12H16N4S/c13-8-11(12-14-3-7-17-12)16-6-5-15-4-1-2-10(15)9-16/h3,7,10-11H,1-2,4-6,9H2/t10-,11?/m1/s1. The van der Waals surface area contributed by atoms with E-state index in [1.54, 1.807) is 17.5 Å². The molecule has 4 nitrogen and oxygen atoms in total. The van der Waals surface area contributed by atoms with Crippen molar-refractivity contribution in [2.24, 2.45) is 0 Å². The van der Waals surface area contributed by atoms with Gasteiger partial charge in [0.15, 0.2) is 6.04 Å². The van der Waals surface area contributed by atoms with Gasteiger partial charge in [-0.3, -0.25) is 9.80 Å². The van der Waals surface area contributed by atoms with Gasteiger partial charge in [0.25, 0.3) is 0 Å². The molecule has 2 aliphatic rings. The fraction of sp³-hybridized carbons (Fsp3) is 0.667. The zero-order valence-electron chi connectivity index (χ0n) is 9.75. The van der Waals surface area contributed by atoms with Gasteiger partial charge in [-0.1, -0.05) is 0 Å². The van der Waals surface area contributed by atoms with Crippen molar-refractivity contribution in [1.82, 2.24) is 14.8 Å². The summed E-state index contributed by atoms with van der Waals surface area (Å²) in [6.45, 7) is 4.37. The Labute approximate surface area is 105 Å². The Morgan fingerprint density at radius 3 is 3.18 bits per heavy atom. The van der Waals surface area contributed by atoms with Crippen molar-refractivity contribution < 1.29 is 0 Å². The molecule has 0 N–H and O–H groups in total. The van der Waals surface area contributed by atoms with Gasteiger partial charge in [0.1, 0.15) is 5.01 Å². The number of nitriles is 1. The maximum atomic E-state index is 9.35. The van der Waals surface area contributed by atoms with Crippen molar-refractivity contribution in [2.75, 3.05) is 26.2 Å². The van der Waals surface area contributed by atoms with Crippen molar-refractivity contribution in [3.63, 3.8) is 0 Å². The lowest BCUT2D eigenvalue weighted by Gasteiger charge is -2.38. The lowest BCUT2D eigenvalue weighted by atomic mass is 10.1. The first-order valence-corrected chi connectivity index (χ1v) is 7.03. The van der Waals surface area contributed by atoms with E-state index >= 15 is 0 Å². The summed E-state index contributed by atoms with van der Waals surface area (Å²) in [5.41, 5.74) is 0. The summed E-state index contributed by atoms with van der Waals surface area (Å²) < 4.78 is 0. The van der Waals surface area contributed by atoms with Crippen LogP contribution in [0.1, 0.15) is 23.9 Å². The maximum absolute atomic E-state index is 9.35. The minimum Gasteiger partial charge on any atom is -0.298 e. The van der Waals surface area contributed by atoms with Crippen LogP contribution in [0, 0.1) is 11.3 Å². The normalized spacial score (nSPS) is 27.6. The maximum Gasteiger partial charge on any atom is 0.150 e. The molecule has 0 saturated carbocycles. The van der Waals surface area contributed by atoms with Crippen LogP contribution < -0.4 is 0 Å². The van der Waals surface area contributed by atoms with E-state index in [1.165, 1.54) is 19.4 Å². The van der Waals surface area contributed by atoms with Crippen LogP contribution in [0.3, 0.4) is 0 Å². The minimum absolute atomic E-state index is 0.141. The summed E-state index contributed by atoms with van der Waals surface area (Å²) in [7, 11) is 0. The molecule has 3 rings (SSSR count). The van der Waals surface area contributed by atoms with Gasteiger partial charge in [0.05, 0.1) is 6.07 Å². The van der Waals surface area contributed by atoms with Crippen molar-refractivity contribution in [3.8, 4) is 6.07 Å². The van der Waals surface area contributed by atoms with Crippen molar-refractivity contribution in [1.29, 1.82) is 5.26 Å². The van der Waals surface area contributed by atoms with Crippen molar-refractivity contribution in [3.05, 3.63) is 16.6 Å². The Balaban J connectivity index is 1.73. The first-order chi connectivity index (χ1) is 8.38. The van der Waals surface area contributed by atoms with E-state index in [1.807, 2.05) is 5.38 Å². The third-order valence-electron chi connectivity index (χ3n) is 3.79. The van der Waals surface area contributed by atoms with Crippen LogP contribution in [0.5, 0.6) is 0 Å². The largest absolute Gasteiger partial charge is 0.298 e. The number of hydrogen-bond acceptors (Lipinski definition) is 5. The molecule has 0 aromatic carbocycles. The quantitative estimate of drug-likeness (QED) is 0.795. The molecule has 90 valence electrons. The van der Waals surface area contributed by atoms with Gasteiger partial charge in [-0.25, -0.2) is 4.98 Å². The Kier molecular flexibility index (Phi) is 3.10. The lowest BCUT2D eigenvalue weighted by molar-refractivity contribution is 0.0875. The zero-order chi connectivity index (χ0) is 11.7. The second kappa shape index (κ2) is 4.73. The average molecular weight is 248 g/mol.